The normalized spacial score (nSPS) is 11.7. The van der Waals surface area contributed by atoms with Crippen LogP contribution in [0.15, 0.2) is 38.6 Å². The van der Waals surface area contributed by atoms with Gasteiger partial charge in [-0.25, -0.2) is 0 Å². The maximum absolute atomic E-state index is 4.11. The van der Waals surface area contributed by atoms with E-state index < -0.39 is 0 Å². The van der Waals surface area contributed by atoms with Crippen LogP contribution in [0.1, 0.15) is 13.8 Å². The molecule has 0 bridgehead atoms. The van der Waals surface area contributed by atoms with Crippen molar-refractivity contribution in [2.24, 2.45) is 4.99 Å². The molecule has 0 spiro atoms. The molecule has 3 nitrogen and oxygen atoms in total. The molecule has 2 N–H and O–H groups in total. The van der Waals surface area contributed by atoms with Crippen LogP contribution >= 0.6 is 51.7 Å². The lowest BCUT2D eigenvalue weighted by atomic mass is 10.2. The number of hydrogen-bond donors (Lipinski definition) is 2. The lowest BCUT2D eigenvalue weighted by molar-refractivity contribution is 0.669. The summed E-state index contributed by atoms with van der Waals surface area (Å²) < 4.78 is 1.21. The average Bonchev–Trinajstić information content (AvgIpc) is 2.33. The summed E-state index contributed by atoms with van der Waals surface area (Å²) in [5.74, 6) is 0.819. The fourth-order valence-electron chi connectivity index (χ4n) is 1.43. The number of benzene rings is 1. The smallest absolute Gasteiger partial charge is 0.190 e. The van der Waals surface area contributed by atoms with Crippen molar-refractivity contribution in [3.05, 3.63) is 28.7 Å². The highest BCUT2D eigenvalue weighted by Crippen LogP contribution is 2.32. The van der Waals surface area contributed by atoms with Crippen LogP contribution in [0, 0.1) is 0 Å². The average molecular weight is 458 g/mol. The molecular formula is C13H21BrIN3S. The fraction of sp³-hybridized carbons (Fsp3) is 0.462. The molecule has 0 unspecified atom stereocenters. The molecule has 1 rings (SSSR count). The van der Waals surface area contributed by atoms with Gasteiger partial charge < -0.3 is 10.6 Å². The van der Waals surface area contributed by atoms with Crippen molar-refractivity contribution in [3.8, 4) is 0 Å². The Morgan fingerprint density at radius 3 is 2.37 bits per heavy atom. The largest absolute Gasteiger partial charge is 0.359 e. The lowest BCUT2D eigenvalue weighted by Crippen LogP contribution is -2.41. The number of nitrogens with one attached hydrogen (secondary N) is 2. The van der Waals surface area contributed by atoms with E-state index in [0.29, 0.717) is 0 Å². The van der Waals surface area contributed by atoms with Gasteiger partial charge in [-0.05, 0) is 38.1 Å². The van der Waals surface area contributed by atoms with E-state index in [9.17, 15) is 0 Å². The van der Waals surface area contributed by atoms with Crippen LogP contribution in [0.25, 0.3) is 0 Å². The van der Waals surface area contributed by atoms with Crippen molar-refractivity contribution >= 4 is 57.6 Å². The summed E-state index contributed by atoms with van der Waals surface area (Å²) in [6, 6.07) is 8.39. The SMILES string of the molecule is CN=C(NC)NCC(C)(C)Sc1ccc(Br)cc1.I. The Morgan fingerprint density at radius 1 is 1.32 bits per heavy atom. The highest BCUT2D eigenvalue weighted by molar-refractivity contribution is 14.0. The minimum atomic E-state index is 0. The first kappa shape index (κ1) is 19.1. The first-order chi connectivity index (χ1) is 8.46. The number of nitrogens with zero attached hydrogens (tertiary/aromatic N) is 1. The second-order valence-electron chi connectivity index (χ2n) is 4.49. The monoisotopic (exact) mass is 457 g/mol. The molecular weight excluding hydrogens is 437 g/mol. The van der Waals surface area contributed by atoms with Crippen molar-refractivity contribution < 1.29 is 0 Å². The van der Waals surface area contributed by atoms with E-state index in [2.05, 4.69) is 69.7 Å². The zero-order chi connectivity index (χ0) is 13.6. The summed E-state index contributed by atoms with van der Waals surface area (Å²) in [7, 11) is 3.64. The highest BCUT2D eigenvalue weighted by Gasteiger charge is 2.19. The third-order valence-electron chi connectivity index (χ3n) is 2.35. The van der Waals surface area contributed by atoms with E-state index in [4.69, 9.17) is 0 Å². The van der Waals surface area contributed by atoms with Crippen molar-refractivity contribution in [3.63, 3.8) is 0 Å². The van der Waals surface area contributed by atoms with Crippen LogP contribution in [0.3, 0.4) is 0 Å². The molecule has 0 aliphatic heterocycles. The predicted molar refractivity (Wildman–Crippen MR) is 99.9 cm³/mol. The topological polar surface area (TPSA) is 36.4 Å². The molecule has 0 radical (unpaired) electrons. The van der Waals surface area contributed by atoms with Gasteiger partial charge in [-0.2, -0.15) is 0 Å². The highest BCUT2D eigenvalue weighted by atomic mass is 127. The zero-order valence-corrected chi connectivity index (χ0v) is 16.4. The van der Waals surface area contributed by atoms with E-state index in [1.807, 2.05) is 18.8 Å². The molecule has 0 aliphatic carbocycles. The van der Waals surface area contributed by atoms with E-state index in [1.165, 1.54) is 4.90 Å². The van der Waals surface area contributed by atoms with Crippen molar-refractivity contribution in [1.29, 1.82) is 0 Å². The molecule has 19 heavy (non-hydrogen) atoms. The molecule has 0 aliphatic rings. The Balaban J connectivity index is 0.00000324. The van der Waals surface area contributed by atoms with Gasteiger partial charge in [-0.15, -0.1) is 35.7 Å². The molecule has 0 saturated carbocycles. The molecule has 0 fully saturated rings. The third kappa shape index (κ3) is 7.41. The minimum Gasteiger partial charge on any atom is -0.359 e. The quantitative estimate of drug-likeness (QED) is 0.313. The Labute approximate surface area is 145 Å². The van der Waals surface area contributed by atoms with Crippen LogP contribution < -0.4 is 10.6 Å². The Morgan fingerprint density at radius 2 is 1.89 bits per heavy atom. The van der Waals surface area contributed by atoms with Crippen LogP contribution in [-0.4, -0.2) is 31.3 Å². The Kier molecular flexibility index (Phi) is 9.10. The van der Waals surface area contributed by atoms with Gasteiger partial charge in [0.25, 0.3) is 0 Å². The van der Waals surface area contributed by atoms with Crippen LogP contribution in [0.2, 0.25) is 0 Å². The van der Waals surface area contributed by atoms with Gasteiger partial charge in [-0.1, -0.05) is 15.9 Å². The van der Waals surface area contributed by atoms with E-state index in [1.54, 1.807) is 7.05 Å². The number of aliphatic imine (C=N–C) groups is 1. The van der Waals surface area contributed by atoms with Crippen LogP contribution in [0.5, 0.6) is 0 Å². The lowest BCUT2D eigenvalue weighted by Gasteiger charge is -2.25. The number of guanidine groups is 1. The second-order valence-corrected chi connectivity index (χ2v) is 7.19. The molecule has 1 aromatic rings. The fourth-order valence-corrected chi connectivity index (χ4v) is 2.75. The number of thioether (sulfide) groups is 1. The first-order valence-electron chi connectivity index (χ1n) is 5.80. The maximum atomic E-state index is 4.11. The maximum Gasteiger partial charge on any atom is 0.190 e. The molecule has 108 valence electrons. The summed E-state index contributed by atoms with van der Waals surface area (Å²) in [6.07, 6.45) is 0. The molecule has 1 aromatic carbocycles. The second kappa shape index (κ2) is 9.07. The molecule has 0 amide bonds. The Hall–Kier alpha value is 0.0500. The molecule has 6 heteroatoms. The molecule has 0 atom stereocenters. The molecule has 0 saturated heterocycles. The predicted octanol–water partition coefficient (Wildman–Crippen LogP) is 3.73. The van der Waals surface area contributed by atoms with Gasteiger partial charge in [0.15, 0.2) is 5.96 Å². The summed E-state index contributed by atoms with van der Waals surface area (Å²) in [5, 5.41) is 6.32. The molecule has 0 heterocycles. The van der Waals surface area contributed by atoms with E-state index >= 15 is 0 Å². The summed E-state index contributed by atoms with van der Waals surface area (Å²) >= 11 is 5.30. The van der Waals surface area contributed by atoms with Crippen molar-refractivity contribution in [1.82, 2.24) is 10.6 Å². The van der Waals surface area contributed by atoms with Gasteiger partial charge in [0, 0.05) is 34.8 Å². The summed E-state index contributed by atoms with van der Waals surface area (Å²) in [5.41, 5.74) is 0. The van der Waals surface area contributed by atoms with Gasteiger partial charge in [0.2, 0.25) is 0 Å². The molecule has 0 aromatic heterocycles. The summed E-state index contributed by atoms with van der Waals surface area (Å²) in [4.78, 5) is 5.38. The Bertz CT molecular complexity index is 407. The van der Waals surface area contributed by atoms with Crippen LogP contribution in [0.4, 0.5) is 0 Å². The number of halogens is 2. The standard InChI is InChI=1S/C13H20BrN3S.HI/c1-13(2,9-17-12(15-3)16-4)18-11-7-5-10(14)6-8-11;/h5-8H,9H2,1-4H3,(H2,15,16,17);1H. The van der Waals surface area contributed by atoms with Crippen molar-refractivity contribution in [2.45, 2.75) is 23.5 Å². The van der Waals surface area contributed by atoms with E-state index in [0.717, 1.165) is 17.0 Å². The summed E-state index contributed by atoms with van der Waals surface area (Å²) in [6.45, 7) is 5.28. The van der Waals surface area contributed by atoms with Gasteiger partial charge >= 0.3 is 0 Å². The van der Waals surface area contributed by atoms with E-state index in [-0.39, 0.29) is 28.7 Å². The van der Waals surface area contributed by atoms with Gasteiger partial charge in [0.1, 0.15) is 0 Å². The number of hydrogen-bond acceptors (Lipinski definition) is 2. The first-order valence-corrected chi connectivity index (χ1v) is 7.41. The van der Waals surface area contributed by atoms with Gasteiger partial charge in [-0.3, -0.25) is 4.99 Å². The van der Waals surface area contributed by atoms with Crippen LogP contribution in [-0.2, 0) is 0 Å². The number of rotatable bonds is 4. The minimum absolute atomic E-state index is 0. The zero-order valence-electron chi connectivity index (χ0n) is 11.7. The van der Waals surface area contributed by atoms with Crippen molar-refractivity contribution in [2.75, 3.05) is 20.6 Å². The van der Waals surface area contributed by atoms with Gasteiger partial charge in [0.05, 0.1) is 0 Å². The third-order valence-corrected chi connectivity index (χ3v) is 4.08.